The molecule has 2 aromatic rings. The maximum absolute atomic E-state index is 13.1. The van der Waals surface area contributed by atoms with Crippen LogP contribution in [0.1, 0.15) is 39.0 Å². The van der Waals surface area contributed by atoms with Crippen molar-refractivity contribution in [1.82, 2.24) is 4.90 Å². The summed E-state index contributed by atoms with van der Waals surface area (Å²) < 4.78 is 18.9. The Balaban J connectivity index is 1.58. The topological polar surface area (TPSA) is 71.0 Å². The Morgan fingerprint density at radius 2 is 1.88 bits per heavy atom. The fourth-order valence-electron chi connectivity index (χ4n) is 3.10. The molecule has 1 saturated heterocycles. The maximum Gasteiger partial charge on any atom is 0.238 e. The fourth-order valence-corrected chi connectivity index (χ4v) is 4.16. The second kappa shape index (κ2) is 11.7. The van der Waals surface area contributed by atoms with Gasteiger partial charge in [-0.2, -0.15) is 0 Å². The minimum absolute atomic E-state index is 0.0778. The standard InChI is InChI=1S/C24H28FN3O3S/c1-3-4-5-6-15-31-20-13-11-18(12-14-20)26-23(30)21-16-22(29)28(2)24(32-21)27-19-9-7-17(25)8-10-19/h7-14,21H,3-6,15-16H2,1-2H3,(H,26,30). The summed E-state index contributed by atoms with van der Waals surface area (Å²) in [6, 6.07) is 12.9. The van der Waals surface area contributed by atoms with Gasteiger partial charge in [0.2, 0.25) is 11.8 Å². The first-order valence-corrected chi connectivity index (χ1v) is 11.7. The molecule has 0 bridgehead atoms. The molecule has 3 rings (SSSR count). The average molecular weight is 458 g/mol. The second-order valence-electron chi connectivity index (χ2n) is 7.56. The molecule has 0 aliphatic carbocycles. The van der Waals surface area contributed by atoms with Crippen LogP contribution in [0.2, 0.25) is 0 Å². The zero-order chi connectivity index (χ0) is 22.9. The molecule has 0 spiro atoms. The van der Waals surface area contributed by atoms with Crippen LogP contribution >= 0.6 is 11.8 Å². The zero-order valence-corrected chi connectivity index (χ0v) is 19.2. The Morgan fingerprint density at radius 1 is 1.16 bits per heavy atom. The van der Waals surface area contributed by atoms with E-state index in [1.165, 1.54) is 53.8 Å². The molecule has 0 radical (unpaired) electrons. The van der Waals surface area contributed by atoms with Crippen LogP contribution in [0.25, 0.3) is 0 Å². The molecule has 2 aromatic carbocycles. The fraction of sp³-hybridized carbons (Fsp3) is 0.375. The molecule has 1 fully saturated rings. The number of aliphatic imine (C=N–C) groups is 1. The molecule has 1 atom stereocenters. The highest BCUT2D eigenvalue weighted by Crippen LogP contribution is 2.29. The molecule has 1 N–H and O–H groups in total. The van der Waals surface area contributed by atoms with Crippen molar-refractivity contribution in [3.63, 3.8) is 0 Å². The van der Waals surface area contributed by atoms with Crippen LogP contribution in [-0.4, -0.2) is 40.8 Å². The molecule has 1 unspecified atom stereocenters. The van der Waals surface area contributed by atoms with Crippen molar-refractivity contribution in [2.24, 2.45) is 4.99 Å². The Morgan fingerprint density at radius 3 is 2.56 bits per heavy atom. The number of unbranched alkanes of at least 4 members (excludes halogenated alkanes) is 3. The summed E-state index contributed by atoms with van der Waals surface area (Å²) >= 11 is 1.21. The molecular formula is C24H28FN3O3S. The number of anilines is 1. The third-order valence-corrected chi connectivity index (χ3v) is 6.24. The van der Waals surface area contributed by atoms with Gasteiger partial charge in [-0.05, 0) is 55.0 Å². The van der Waals surface area contributed by atoms with Crippen molar-refractivity contribution in [2.75, 3.05) is 19.0 Å². The molecular weight excluding hydrogens is 429 g/mol. The summed E-state index contributed by atoms with van der Waals surface area (Å²) in [7, 11) is 1.62. The maximum atomic E-state index is 13.1. The van der Waals surface area contributed by atoms with E-state index in [1.807, 2.05) is 12.1 Å². The normalized spacial score (nSPS) is 17.5. The Kier molecular flexibility index (Phi) is 8.67. The van der Waals surface area contributed by atoms with Crippen LogP contribution in [0.4, 0.5) is 15.8 Å². The van der Waals surface area contributed by atoms with Gasteiger partial charge in [0.05, 0.1) is 12.3 Å². The first kappa shape index (κ1) is 23.8. The number of amidine groups is 1. The molecule has 0 saturated carbocycles. The van der Waals surface area contributed by atoms with Gasteiger partial charge in [-0.3, -0.25) is 14.5 Å². The number of hydrogen-bond donors (Lipinski definition) is 1. The molecule has 170 valence electrons. The summed E-state index contributed by atoms with van der Waals surface area (Å²) in [4.78, 5) is 31.0. The minimum Gasteiger partial charge on any atom is -0.494 e. The van der Waals surface area contributed by atoms with E-state index in [0.29, 0.717) is 23.1 Å². The van der Waals surface area contributed by atoms with E-state index in [1.54, 1.807) is 19.2 Å². The number of hydrogen-bond acceptors (Lipinski definition) is 5. The lowest BCUT2D eigenvalue weighted by Crippen LogP contribution is -2.43. The van der Waals surface area contributed by atoms with Crippen LogP contribution < -0.4 is 10.1 Å². The smallest absolute Gasteiger partial charge is 0.238 e. The Hall–Kier alpha value is -2.87. The van der Waals surface area contributed by atoms with Gasteiger partial charge >= 0.3 is 0 Å². The van der Waals surface area contributed by atoms with Gasteiger partial charge < -0.3 is 10.1 Å². The third-order valence-electron chi connectivity index (χ3n) is 5.00. The zero-order valence-electron chi connectivity index (χ0n) is 18.3. The predicted molar refractivity (Wildman–Crippen MR) is 127 cm³/mol. The number of nitrogens with zero attached hydrogens (tertiary/aromatic N) is 2. The minimum atomic E-state index is -0.604. The van der Waals surface area contributed by atoms with E-state index < -0.39 is 5.25 Å². The molecule has 1 aliphatic heterocycles. The molecule has 1 aliphatic rings. The number of ether oxygens (including phenoxy) is 1. The summed E-state index contributed by atoms with van der Waals surface area (Å²) in [5.41, 5.74) is 1.15. The van der Waals surface area contributed by atoms with Crippen molar-refractivity contribution in [3.8, 4) is 5.75 Å². The summed E-state index contributed by atoms with van der Waals surface area (Å²) in [6.07, 6.45) is 4.66. The predicted octanol–water partition coefficient (Wildman–Crippen LogP) is 5.37. The molecule has 8 heteroatoms. The SMILES string of the molecule is CCCCCCOc1ccc(NC(=O)C2CC(=O)N(C)C(=Nc3ccc(F)cc3)S2)cc1. The van der Waals surface area contributed by atoms with Crippen LogP contribution in [0.5, 0.6) is 5.75 Å². The van der Waals surface area contributed by atoms with Crippen molar-refractivity contribution in [2.45, 2.75) is 44.3 Å². The number of thioether (sulfide) groups is 1. The second-order valence-corrected chi connectivity index (χ2v) is 8.73. The van der Waals surface area contributed by atoms with E-state index >= 15 is 0 Å². The first-order valence-electron chi connectivity index (χ1n) is 10.8. The van der Waals surface area contributed by atoms with Crippen LogP contribution in [-0.2, 0) is 9.59 Å². The number of carbonyl (C=O) groups excluding carboxylic acids is 2. The van der Waals surface area contributed by atoms with Gasteiger partial charge in [-0.25, -0.2) is 9.38 Å². The van der Waals surface area contributed by atoms with Gasteiger partial charge in [0.15, 0.2) is 5.17 Å². The van der Waals surface area contributed by atoms with Crippen molar-refractivity contribution >= 4 is 40.1 Å². The summed E-state index contributed by atoms with van der Waals surface area (Å²) in [5, 5.41) is 2.66. The van der Waals surface area contributed by atoms with Crippen LogP contribution in [0.3, 0.4) is 0 Å². The van der Waals surface area contributed by atoms with E-state index in [0.717, 1.165) is 18.6 Å². The number of benzene rings is 2. The van der Waals surface area contributed by atoms with Gasteiger partial charge in [0.25, 0.3) is 0 Å². The largest absolute Gasteiger partial charge is 0.494 e. The average Bonchev–Trinajstić information content (AvgIpc) is 2.79. The molecule has 1 heterocycles. The summed E-state index contributed by atoms with van der Waals surface area (Å²) in [5.74, 6) is -0.0648. The molecule has 6 nitrogen and oxygen atoms in total. The summed E-state index contributed by atoms with van der Waals surface area (Å²) in [6.45, 7) is 2.85. The third kappa shape index (κ3) is 6.82. The van der Waals surface area contributed by atoms with Gasteiger partial charge in [-0.15, -0.1) is 0 Å². The molecule has 32 heavy (non-hydrogen) atoms. The Bertz CT molecular complexity index is 948. The van der Waals surface area contributed by atoms with Crippen molar-refractivity contribution in [1.29, 1.82) is 0 Å². The lowest BCUT2D eigenvalue weighted by Gasteiger charge is -2.28. The van der Waals surface area contributed by atoms with E-state index in [9.17, 15) is 14.0 Å². The number of halogens is 1. The monoisotopic (exact) mass is 457 g/mol. The van der Waals surface area contributed by atoms with E-state index in [-0.39, 0.29) is 24.1 Å². The number of amides is 2. The van der Waals surface area contributed by atoms with E-state index in [2.05, 4.69) is 17.2 Å². The number of carbonyl (C=O) groups is 2. The van der Waals surface area contributed by atoms with Crippen molar-refractivity contribution in [3.05, 3.63) is 54.3 Å². The van der Waals surface area contributed by atoms with Gasteiger partial charge in [-0.1, -0.05) is 37.9 Å². The lowest BCUT2D eigenvalue weighted by molar-refractivity contribution is -0.128. The number of nitrogens with one attached hydrogen (secondary N) is 1. The van der Waals surface area contributed by atoms with Crippen LogP contribution in [0, 0.1) is 5.82 Å². The molecule has 0 aromatic heterocycles. The van der Waals surface area contributed by atoms with E-state index in [4.69, 9.17) is 4.74 Å². The van der Waals surface area contributed by atoms with Gasteiger partial charge in [0.1, 0.15) is 16.8 Å². The highest BCUT2D eigenvalue weighted by atomic mass is 32.2. The highest BCUT2D eigenvalue weighted by molar-refractivity contribution is 8.15. The van der Waals surface area contributed by atoms with Crippen molar-refractivity contribution < 1.29 is 18.7 Å². The number of rotatable bonds is 9. The lowest BCUT2D eigenvalue weighted by atomic mass is 10.2. The molecule has 2 amide bonds. The van der Waals surface area contributed by atoms with Crippen LogP contribution in [0.15, 0.2) is 53.5 Å². The first-order chi connectivity index (χ1) is 15.5. The van der Waals surface area contributed by atoms with Gasteiger partial charge in [0, 0.05) is 19.2 Å². The quantitative estimate of drug-likeness (QED) is 0.514. The Labute approximate surface area is 192 Å². The highest BCUT2D eigenvalue weighted by Gasteiger charge is 2.34.